The van der Waals surface area contributed by atoms with Gasteiger partial charge in [0.1, 0.15) is 6.04 Å². The van der Waals surface area contributed by atoms with Gasteiger partial charge in [0.05, 0.1) is 13.7 Å². The minimum absolute atomic E-state index is 0.174. The van der Waals surface area contributed by atoms with Gasteiger partial charge in [-0.05, 0) is 29.2 Å². The molecule has 1 aliphatic heterocycles. The summed E-state index contributed by atoms with van der Waals surface area (Å²) in [6.45, 7) is 1.77. The second kappa shape index (κ2) is 9.62. The van der Waals surface area contributed by atoms with Crippen LogP contribution in [0, 0.1) is 0 Å². The maximum Gasteiger partial charge on any atom is 0.328 e. The summed E-state index contributed by atoms with van der Waals surface area (Å²) in [5.74, 6) is -0.615. The summed E-state index contributed by atoms with van der Waals surface area (Å²) >= 11 is 0. The fourth-order valence-electron chi connectivity index (χ4n) is 4.07. The topological polar surface area (TPSA) is 74.4 Å². The quantitative estimate of drug-likeness (QED) is 0.579. The van der Waals surface area contributed by atoms with E-state index in [1.807, 2.05) is 48.7 Å². The zero-order valence-electron chi connectivity index (χ0n) is 17.6. The first kappa shape index (κ1) is 20.9. The number of nitrogens with one attached hydrogen (secondary N) is 2. The molecule has 6 nitrogen and oxygen atoms in total. The first-order chi connectivity index (χ1) is 15.1. The van der Waals surface area contributed by atoms with Crippen LogP contribution in [0.2, 0.25) is 0 Å². The fraction of sp³-hybridized carbons (Fsp3) is 0.280. The Bertz CT molecular complexity index is 1090. The molecular formula is C25H27N3O3. The van der Waals surface area contributed by atoms with Gasteiger partial charge in [-0.25, -0.2) is 4.79 Å². The molecule has 31 heavy (non-hydrogen) atoms. The lowest BCUT2D eigenvalue weighted by molar-refractivity contribution is -0.145. The van der Waals surface area contributed by atoms with E-state index >= 15 is 0 Å². The van der Waals surface area contributed by atoms with Crippen LogP contribution in [0.1, 0.15) is 17.5 Å². The van der Waals surface area contributed by atoms with E-state index in [9.17, 15) is 9.59 Å². The number of carbonyl (C=O) groups excluding carboxylic acids is 2. The van der Waals surface area contributed by atoms with E-state index in [2.05, 4.69) is 33.4 Å². The predicted molar refractivity (Wildman–Crippen MR) is 121 cm³/mol. The molecule has 0 fully saturated rings. The summed E-state index contributed by atoms with van der Waals surface area (Å²) in [6, 6.07) is 17.5. The Morgan fingerprint density at radius 2 is 1.90 bits per heavy atom. The Labute approximate surface area is 181 Å². The highest BCUT2D eigenvalue weighted by atomic mass is 16.5. The summed E-state index contributed by atoms with van der Waals surface area (Å²) in [7, 11) is 1.34. The number of esters is 1. The Morgan fingerprint density at radius 3 is 2.65 bits per heavy atom. The van der Waals surface area contributed by atoms with Crippen molar-refractivity contribution >= 4 is 28.4 Å². The zero-order valence-corrected chi connectivity index (χ0v) is 17.6. The van der Waals surface area contributed by atoms with Gasteiger partial charge < -0.3 is 15.0 Å². The van der Waals surface area contributed by atoms with Crippen molar-refractivity contribution < 1.29 is 14.3 Å². The molecule has 2 aromatic carbocycles. The number of hydrogen-bond donors (Lipinski definition) is 2. The molecule has 0 saturated heterocycles. The molecule has 0 radical (unpaired) electrons. The van der Waals surface area contributed by atoms with Gasteiger partial charge >= 0.3 is 5.97 Å². The molecule has 0 aliphatic carbocycles. The molecule has 6 heteroatoms. The number of hydrogen-bond acceptors (Lipinski definition) is 4. The van der Waals surface area contributed by atoms with Crippen LogP contribution in [0.4, 0.5) is 0 Å². The van der Waals surface area contributed by atoms with Gasteiger partial charge in [-0.1, -0.05) is 54.6 Å². The largest absolute Gasteiger partial charge is 0.467 e. The summed E-state index contributed by atoms with van der Waals surface area (Å²) in [5, 5.41) is 3.91. The summed E-state index contributed by atoms with van der Waals surface area (Å²) in [5.41, 5.74) is 4.52. The van der Waals surface area contributed by atoms with Crippen LogP contribution >= 0.6 is 0 Å². The molecule has 0 spiro atoms. The minimum Gasteiger partial charge on any atom is -0.467 e. The normalized spacial score (nSPS) is 15.3. The Kier molecular flexibility index (Phi) is 6.48. The van der Waals surface area contributed by atoms with Crippen LogP contribution in [0.5, 0.6) is 0 Å². The van der Waals surface area contributed by atoms with Gasteiger partial charge in [0.15, 0.2) is 0 Å². The number of ether oxygens (including phenoxy) is 1. The van der Waals surface area contributed by atoms with Crippen molar-refractivity contribution in [2.45, 2.75) is 18.9 Å². The number of carbonyl (C=O) groups is 2. The Morgan fingerprint density at radius 1 is 1.13 bits per heavy atom. The lowest BCUT2D eigenvalue weighted by atomic mass is 9.99. The highest BCUT2D eigenvalue weighted by Gasteiger charge is 2.24. The van der Waals surface area contributed by atoms with Crippen molar-refractivity contribution in [2.75, 3.05) is 26.7 Å². The monoisotopic (exact) mass is 417 g/mol. The molecule has 1 amide bonds. The highest BCUT2D eigenvalue weighted by Crippen LogP contribution is 2.22. The Hall–Kier alpha value is -3.38. The van der Waals surface area contributed by atoms with E-state index < -0.39 is 12.0 Å². The van der Waals surface area contributed by atoms with Crippen molar-refractivity contribution in [3.05, 3.63) is 78.0 Å². The van der Waals surface area contributed by atoms with Gasteiger partial charge in [0, 0.05) is 36.6 Å². The van der Waals surface area contributed by atoms with E-state index in [1.165, 1.54) is 18.2 Å². The first-order valence-corrected chi connectivity index (χ1v) is 10.5. The lowest BCUT2D eigenvalue weighted by Gasteiger charge is -2.26. The van der Waals surface area contributed by atoms with Crippen molar-refractivity contribution in [1.29, 1.82) is 0 Å². The number of amides is 1. The number of H-pyrrole nitrogens is 1. The maximum atomic E-state index is 12.7. The molecule has 1 aromatic heterocycles. The standard InChI is InChI=1S/C25H27N3O3/c1-31-25(30)23(15-20-16-26-22-10-6-5-9-21(20)22)27-24(29)17-28-13-11-19(12-14-28)18-7-3-2-4-8-18/h2-11,16,23,26H,12-15,17H2,1H3,(H,27,29)/t23-/m0/s1. The number of aromatic nitrogens is 1. The van der Waals surface area contributed by atoms with Crippen LogP contribution in [0.15, 0.2) is 66.9 Å². The molecule has 4 rings (SSSR count). The van der Waals surface area contributed by atoms with E-state index in [4.69, 9.17) is 4.74 Å². The predicted octanol–water partition coefficient (Wildman–Crippen LogP) is 3.16. The number of rotatable bonds is 7. The van der Waals surface area contributed by atoms with Gasteiger partial charge in [-0.3, -0.25) is 9.69 Å². The summed E-state index contributed by atoms with van der Waals surface area (Å²) in [6.07, 6.45) is 5.33. The number of para-hydroxylation sites is 1. The second-order valence-corrected chi connectivity index (χ2v) is 7.79. The van der Waals surface area contributed by atoms with E-state index in [0.717, 1.165) is 29.4 Å². The highest BCUT2D eigenvalue weighted by molar-refractivity contribution is 5.88. The number of nitrogens with zero attached hydrogens (tertiary/aromatic N) is 1. The average Bonchev–Trinajstić information content (AvgIpc) is 3.22. The second-order valence-electron chi connectivity index (χ2n) is 7.79. The van der Waals surface area contributed by atoms with E-state index in [-0.39, 0.29) is 12.5 Å². The number of aromatic amines is 1. The minimum atomic E-state index is -0.725. The molecule has 1 atom stereocenters. The lowest BCUT2D eigenvalue weighted by Crippen LogP contribution is -2.47. The SMILES string of the molecule is COC(=O)[C@H](Cc1c[nH]c2ccccc12)NC(=O)CN1CC=C(c2ccccc2)CC1. The van der Waals surface area contributed by atoms with E-state index in [0.29, 0.717) is 13.0 Å². The van der Waals surface area contributed by atoms with Crippen molar-refractivity contribution in [3.8, 4) is 0 Å². The van der Waals surface area contributed by atoms with Crippen molar-refractivity contribution in [2.24, 2.45) is 0 Å². The third-order valence-corrected chi connectivity index (χ3v) is 5.72. The molecular weight excluding hydrogens is 390 g/mol. The molecule has 0 unspecified atom stereocenters. The molecule has 2 N–H and O–H groups in total. The molecule has 0 saturated carbocycles. The molecule has 0 bridgehead atoms. The Balaban J connectivity index is 1.37. The van der Waals surface area contributed by atoms with E-state index in [1.54, 1.807) is 0 Å². The third-order valence-electron chi connectivity index (χ3n) is 5.72. The number of methoxy groups -OCH3 is 1. The number of benzene rings is 2. The smallest absolute Gasteiger partial charge is 0.328 e. The number of fused-ring (bicyclic) bond motifs is 1. The molecule has 2 heterocycles. The zero-order chi connectivity index (χ0) is 21.6. The van der Waals surface area contributed by atoms with Crippen molar-refractivity contribution in [3.63, 3.8) is 0 Å². The van der Waals surface area contributed by atoms with Crippen LogP contribution in [-0.2, 0) is 20.7 Å². The third kappa shape index (κ3) is 5.03. The van der Waals surface area contributed by atoms with Crippen LogP contribution in [0.25, 0.3) is 16.5 Å². The van der Waals surface area contributed by atoms with Gasteiger partial charge in [-0.15, -0.1) is 0 Å². The van der Waals surface area contributed by atoms with Gasteiger partial charge in [0.2, 0.25) is 5.91 Å². The van der Waals surface area contributed by atoms with Gasteiger partial charge in [-0.2, -0.15) is 0 Å². The summed E-state index contributed by atoms with van der Waals surface area (Å²) in [4.78, 5) is 30.3. The average molecular weight is 418 g/mol. The molecule has 160 valence electrons. The van der Waals surface area contributed by atoms with Gasteiger partial charge in [0.25, 0.3) is 0 Å². The first-order valence-electron chi connectivity index (χ1n) is 10.5. The van der Waals surface area contributed by atoms with Crippen molar-refractivity contribution in [1.82, 2.24) is 15.2 Å². The fourth-order valence-corrected chi connectivity index (χ4v) is 4.07. The molecule has 1 aliphatic rings. The van der Waals surface area contributed by atoms with Crippen LogP contribution in [-0.4, -0.2) is 54.5 Å². The maximum absolute atomic E-state index is 12.7. The van der Waals surface area contributed by atoms with Crippen LogP contribution < -0.4 is 5.32 Å². The molecule has 3 aromatic rings. The van der Waals surface area contributed by atoms with Crippen LogP contribution in [0.3, 0.4) is 0 Å². The summed E-state index contributed by atoms with van der Waals surface area (Å²) < 4.78 is 4.94.